The fourth-order valence-corrected chi connectivity index (χ4v) is 3.65. The van der Waals surface area contributed by atoms with Gasteiger partial charge in [0.15, 0.2) is 0 Å². The molecule has 2 aromatic rings. The highest BCUT2D eigenvalue weighted by molar-refractivity contribution is 7.91. The maximum Gasteiger partial charge on any atom is 0.243 e. The molecule has 1 aliphatic heterocycles. The summed E-state index contributed by atoms with van der Waals surface area (Å²) in [6.45, 7) is 0. The highest BCUT2D eigenvalue weighted by Gasteiger charge is 2.23. The summed E-state index contributed by atoms with van der Waals surface area (Å²) >= 11 is 0. The summed E-state index contributed by atoms with van der Waals surface area (Å²) in [5.74, 6) is 0.917. The SMILES string of the molecule is O=S1(=O)CCC(Nc2nnc3ccccc3n2)CC1. The number of fused-ring (bicyclic) bond motifs is 1. The third kappa shape index (κ3) is 2.81. The van der Waals surface area contributed by atoms with Crippen molar-refractivity contribution >= 4 is 26.8 Å². The number of rotatable bonds is 2. The first-order valence-electron chi connectivity index (χ1n) is 6.19. The van der Waals surface area contributed by atoms with Crippen molar-refractivity contribution in [2.24, 2.45) is 0 Å². The summed E-state index contributed by atoms with van der Waals surface area (Å²) in [5, 5.41) is 11.3. The van der Waals surface area contributed by atoms with Crippen LogP contribution in [0.25, 0.3) is 11.0 Å². The van der Waals surface area contributed by atoms with Crippen LogP contribution in [0.4, 0.5) is 5.95 Å². The van der Waals surface area contributed by atoms with Crippen LogP contribution in [-0.4, -0.2) is 41.1 Å². The number of aromatic nitrogens is 3. The van der Waals surface area contributed by atoms with Gasteiger partial charge in [0.2, 0.25) is 5.95 Å². The van der Waals surface area contributed by atoms with Gasteiger partial charge in [0.05, 0.1) is 17.0 Å². The smallest absolute Gasteiger partial charge is 0.243 e. The maximum absolute atomic E-state index is 11.4. The lowest BCUT2D eigenvalue weighted by Crippen LogP contribution is -2.32. The van der Waals surface area contributed by atoms with Crippen molar-refractivity contribution in [2.75, 3.05) is 16.8 Å². The molecule has 1 N–H and O–H groups in total. The Hall–Kier alpha value is -1.76. The Bertz CT molecular complexity index is 688. The number of benzene rings is 1. The van der Waals surface area contributed by atoms with E-state index in [0.717, 1.165) is 11.0 Å². The number of nitrogens with zero attached hydrogens (tertiary/aromatic N) is 3. The molecule has 1 fully saturated rings. The van der Waals surface area contributed by atoms with E-state index < -0.39 is 9.84 Å². The third-order valence-corrected chi connectivity index (χ3v) is 4.96. The van der Waals surface area contributed by atoms with Gasteiger partial charge in [0.1, 0.15) is 15.4 Å². The van der Waals surface area contributed by atoms with Crippen LogP contribution < -0.4 is 5.32 Å². The van der Waals surface area contributed by atoms with E-state index in [0.29, 0.717) is 18.8 Å². The molecule has 19 heavy (non-hydrogen) atoms. The molecule has 6 nitrogen and oxygen atoms in total. The second-order valence-electron chi connectivity index (χ2n) is 4.69. The Balaban J connectivity index is 1.75. The van der Waals surface area contributed by atoms with Gasteiger partial charge in [-0.25, -0.2) is 13.4 Å². The van der Waals surface area contributed by atoms with Crippen LogP contribution in [0.5, 0.6) is 0 Å². The average Bonchev–Trinajstić information content (AvgIpc) is 2.41. The molecule has 100 valence electrons. The fraction of sp³-hybridized carbons (Fsp3) is 0.417. The monoisotopic (exact) mass is 278 g/mol. The Morgan fingerprint density at radius 1 is 1.05 bits per heavy atom. The van der Waals surface area contributed by atoms with Gasteiger partial charge in [-0.2, -0.15) is 0 Å². The number of para-hydroxylation sites is 1. The average molecular weight is 278 g/mol. The standard InChI is InChI=1S/C12H14N4O2S/c17-19(18)7-5-9(6-8-19)13-12-14-10-3-1-2-4-11(10)15-16-12/h1-4,9H,5-8H2,(H,13,14,16). The van der Waals surface area contributed by atoms with Crippen LogP contribution in [0.2, 0.25) is 0 Å². The zero-order chi connectivity index (χ0) is 13.3. The molecule has 0 aliphatic carbocycles. The first kappa shape index (κ1) is 12.3. The second kappa shape index (κ2) is 4.73. The predicted octanol–water partition coefficient (Wildman–Crippen LogP) is 1.01. The normalized spacial score (nSPS) is 19.4. The molecule has 0 unspecified atom stereocenters. The molecule has 0 atom stereocenters. The highest BCUT2D eigenvalue weighted by Crippen LogP contribution is 2.16. The van der Waals surface area contributed by atoms with E-state index in [1.54, 1.807) is 0 Å². The Morgan fingerprint density at radius 2 is 1.74 bits per heavy atom. The van der Waals surface area contributed by atoms with Crippen molar-refractivity contribution in [1.82, 2.24) is 15.2 Å². The molecule has 0 saturated carbocycles. The zero-order valence-electron chi connectivity index (χ0n) is 10.3. The first-order valence-corrected chi connectivity index (χ1v) is 8.01. The van der Waals surface area contributed by atoms with Crippen molar-refractivity contribution in [3.8, 4) is 0 Å². The van der Waals surface area contributed by atoms with E-state index in [1.807, 2.05) is 24.3 Å². The first-order chi connectivity index (χ1) is 9.12. The predicted molar refractivity (Wildman–Crippen MR) is 72.6 cm³/mol. The summed E-state index contributed by atoms with van der Waals surface area (Å²) in [4.78, 5) is 4.37. The van der Waals surface area contributed by atoms with Crippen LogP contribution in [0, 0.1) is 0 Å². The fourth-order valence-electron chi connectivity index (χ4n) is 2.16. The molecule has 0 bridgehead atoms. The topological polar surface area (TPSA) is 84.8 Å². The van der Waals surface area contributed by atoms with Gasteiger partial charge in [-0.05, 0) is 25.0 Å². The molecule has 0 amide bonds. The van der Waals surface area contributed by atoms with E-state index in [-0.39, 0.29) is 17.5 Å². The van der Waals surface area contributed by atoms with Crippen molar-refractivity contribution in [3.05, 3.63) is 24.3 Å². The van der Waals surface area contributed by atoms with Gasteiger partial charge in [-0.1, -0.05) is 12.1 Å². The molecule has 0 radical (unpaired) electrons. The van der Waals surface area contributed by atoms with Crippen LogP contribution in [0.1, 0.15) is 12.8 Å². The van der Waals surface area contributed by atoms with Gasteiger partial charge in [-0.15, -0.1) is 10.2 Å². The highest BCUT2D eigenvalue weighted by atomic mass is 32.2. The number of nitrogens with one attached hydrogen (secondary N) is 1. The molecule has 1 aliphatic rings. The van der Waals surface area contributed by atoms with Gasteiger partial charge in [-0.3, -0.25) is 0 Å². The third-order valence-electron chi connectivity index (χ3n) is 3.25. The molecule has 7 heteroatoms. The van der Waals surface area contributed by atoms with Crippen molar-refractivity contribution in [3.63, 3.8) is 0 Å². The molecule has 1 aromatic carbocycles. The van der Waals surface area contributed by atoms with Gasteiger partial charge in [0, 0.05) is 6.04 Å². The quantitative estimate of drug-likeness (QED) is 0.882. The number of hydrogen-bond donors (Lipinski definition) is 1. The summed E-state index contributed by atoms with van der Waals surface area (Å²) in [6.07, 6.45) is 1.19. The van der Waals surface area contributed by atoms with E-state index in [1.165, 1.54) is 0 Å². The van der Waals surface area contributed by atoms with E-state index in [4.69, 9.17) is 0 Å². The van der Waals surface area contributed by atoms with Crippen LogP contribution in [0.3, 0.4) is 0 Å². The Kier molecular flexibility index (Phi) is 3.06. The molecule has 3 rings (SSSR count). The number of anilines is 1. The lowest BCUT2D eigenvalue weighted by atomic mass is 10.2. The summed E-state index contributed by atoms with van der Waals surface area (Å²) in [7, 11) is -2.84. The van der Waals surface area contributed by atoms with Crippen LogP contribution in [0.15, 0.2) is 24.3 Å². The minimum absolute atomic E-state index is 0.103. The molecular weight excluding hydrogens is 264 g/mol. The Labute approximate surface area is 111 Å². The lowest BCUT2D eigenvalue weighted by Gasteiger charge is -2.22. The zero-order valence-corrected chi connectivity index (χ0v) is 11.1. The van der Waals surface area contributed by atoms with Crippen molar-refractivity contribution < 1.29 is 8.42 Å². The molecule has 0 spiro atoms. The van der Waals surface area contributed by atoms with Crippen molar-refractivity contribution in [2.45, 2.75) is 18.9 Å². The molecular formula is C12H14N4O2S. The van der Waals surface area contributed by atoms with E-state index in [9.17, 15) is 8.42 Å². The molecule has 2 heterocycles. The van der Waals surface area contributed by atoms with Crippen LogP contribution in [-0.2, 0) is 9.84 Å². The van der Waals surface area contributed by atoms with Gasteiger partial charge < -0.3 is 5.32 Å². The number of hydrogen-bond acceptors (Lipinski definition) is 6. The Morgan fingerprint density at radius 3 is 2.47 bits per heavy atom. The van der Waals surface area contributed by atoms with Crippen LogP contribution >= 0.6 is 0 Å². The van der Waals surface area contributed by atoms with Gasteiger partial charge in [0.25, 0.3) is 0 Å². The van der Waals surface area contributed by atoms with Crippen molar-refractivity contribution in [1.29, 1.82) is 0 Å². The molecule has 1 saturated heterocycles. The lowest BCUT2D eigenvalue weighted by molar-refractivity contribution is 0.558. The molecule has 1 aromatic heterocycles. The summed E-state index contributed by atoms with van der Waals surface area (Å²) in [6, 6.07) is 7.62. The summed E-state index contributed by atoms with van der Waals surface area (Å²) < 4.78 is 22.7. The van der Waals surface area contributed by atoms with E-state index in [2.05, 4.69) is 20.5 Å². The van der Waals surface area contributed by atoms with E-state index >= 15 is 0 Å². The summed E-state index contributed by atoms with van der Waals surface area (Å²) in [5.41, 5.74) is 1.53. The maximum atomic E-state index is 11.4. The van der Waals surface area contributed by atoms with Gasteiger partial charge >= 0.3 is 0 Å². The second-order valence-corrected chi connectivity index (χ2v) is 7.00. The minimum atomic E-state index is -2.84. The minimum Gasteiger partial charge on any atom is -0.350 e. The number of sulfone groups is 1. The largest absolute Gasteiger partial charge is 0.350 e.